The van der Waals surface area contributed by atoms with Crippen LogP contribution in [0.15, 0.2) is 0 Å². The van der Waals surface area contributed by atoms with Crippen LogP contribution in [0.4, 0.5) is 0 Å². The van der Waals surface area contributed by atoms with Crippen molar-refractivity contribution in [1.82, 2.24) is 5.32 Å². The molecule has 0 amide bonds. The molecule has 0 saturated heterocycles. The van der Waals surface area contributed by atoms with Crippen molar-refractivity contribution in [3.63, 3.8) is 0 Å². The van der Waals surface area contributed by atoms with Gasteiger partial charge in [0.1, 0.15) is 0 Å². The van der Waals surface area contributed by atoms with Gasteiger partial charge in [0.05, 0.1) is 0 Å². The third kappa shape index (κ3) is 4.21. The molecule has 0 aromatic carbocycles. The summed E-state index contributed by atoms with van der Waals surface area (Å²) in [5.41, 5.74) is 0.471. The van der Waals surface area contributed by atoms with Crippen LogP contribution >= 0.6 is 0 Å². The molecular formula is C18H35N. The smallest absolute Gasteiger partial charge is 0.0103 e. The molecule has 2 rings (SSSR count). The van der Waals surface area contributed by atoms with Gasteiger partial charge < -0.3 is 5.32 Å². The van der Waals surface area contributed by atoms with Crippen LogP contribution in [0.25, 0.3) is 0 Å². The van der Waals surface area contributed by atoms with Crippen LogP contribution in [0.5, 0.6) is 0 Å². The molecule has 2 aliphatic rings. The summed E-state index contributed by atoms with van der Waals surface area (Å²) >= 11 is 0. The maximum Gasteiger partial charge on any atom is 0.0103 e. The second-order valence-electron chi connectivity index (χ2n) is 8.16. The molecule has 1 nitrogen and oxygen atoms in total. The third-order valence-corrected chi connectivity index (χ3v) is 5.75. The third-order valence-electron chi connectivity index (χ3n) is 5.75. The van der Waals surface area contributed by atoms with Crippen molar-refractivity contribution in [1.29, 1.82) is 0 Å². The quantitative estimate of drug-likeness (QED) is 0.744. The summed E-state index contributed by atoms with van der Waals surface area (Å²) < 4.78 is 0. The molecule has 0 aliphatic heterocycles. The summed E-state index contributed by atoms with van der Waals surface area (Å²) in [5, 5.41) is 4.06. The van der Waals surface area contributed by atoms with Crippen molar-refractivity contribution in [2.75, 3.05) is 0 Å². The summed E-state index contributed by atoms with van der Waals surface area (Å²) in [7, 11) is 0. The van der Waals surface area contributed by atoms with Gasteiger partial charge in [0.2, 0.25) is 0 Å². The molecule has 2 atom stereocenters. The Morgan fingerprint density at radius 2 is 1.53 bits per heavy atom. The molecule has 0 spiro atoms. The molecular weight excluding hydrogens is 230 g/mol. The molecule has 2 aliphatic carbocycles. The van der Waals surface area contributed by atoms with Gasteiger partial charge in [-0.3, -0.25) is 0 Å². The molecule has 2 unspecified atom stereocenters. The number of hydrogen-bond donors (Lipinski definition) is 1. The van der Waals surface area contributed by atoms with Crippen LogP contribution < -0.4 is 5.32 Å². The maximum atomic E-state index is 4.06. The van der Waals surface area contributed by atoms with E-state index in [9.17, 15) is 0 Å². The summed E-state index contributed by atoms with van der Waals surface area (Å²) in [6, 6.07) is 1.60. The first kappa shape index (κ1) is 15.4. The van der Waals surface area contributed by atoms with Crippen LogP contribution in [0.2, 0.25) is 0 Å². The van der Waals surface area contributed by atoms with E-state index in [4.69, 9.17) is 0 Å². The molecule has 19 heavy (non-hydrogen) atoms. The molecule has 1 N–H and O–H groups in total. The topological polar surface area (TPSA) is 12.0 Å². The molecule has 2 fully saturated rings. The zero-order valence-corrected chi connectivity index (χ0v) is 13.7. The average Bonchev–Trinajstić information content (AvgIpc) is 2.39. The number of rotatable bonds is 3. The lowest BCUT2D eigenvalue weighted by molar-refractivity contribution is 0.114. The van der Waals surface area contributed by atoms with E-state index in [0.717, 1.165) is 23.9 Å². The fourth-order valence-electron chi connectivity index (χ4n) is 4.41. The van der Waals surface area contributed by atoms with Crippen LogP contribution in [0.1, 0.15) is 85.5 Å². The highest BCUT2D eigenvalue weighted by atomic mass is 15.0. The zero-order valence-electron chi connectivity index (χ0n) is 13.7. The second kappa shape index (κ2) is 6.61. The normalized spacial score (nSPS) is 37.3. The van der Waals surface area contributed by atoms with Crippen molar-refractivity contribution in [3.05, 3.63) is 0 Å². The number of hydrogen-bond acceptors (Lipinski definition) is 1. The minimum atomic E-state index is 0.471. The van der Waals surface area contributed by atoms with E-state index in [1.807, 2.05) is 0 Å². The van der Waals surface area contributed by atoms with Gasteiger partial charge in [0.15, 0.2) is 0 Å². The first-order valence-corrected chi connectivity index (χ1v) is 8.76. The lowest BCUT2D eigenvalue weighted by Crippen LogP contribution is -2.49. The molecule has 112 valence electrons. The average molecular weight is 265 g/mol. The van der Waals surface area contributed by atoms with E-state index in [1.165, 1.54) is 57.8 Å². The Morgan fingerprint density at radius 1 is 0.895 bits per heavy atom. The van der Waals surface area contributed by atoms with E-state index >= 15 is 0 Å². The predicted molar refractivity (Wildman–Crippen MR) is 84.4 cm³/mol. The Kier molecular flexibility index (Phi) is 5.34. The van der Waals surface area contributed by atoms with Gasteiger partial charge >= 0.3 is 0 Å². The lowest BCUT2D eigenvalue weighted by Gasteiger charge is -2.43. The monoisotopic (exact) mass is 265 g/mol. The lowest BCUT2D eigenvalue weighted by atomic mass is 9.69. The van der Waals surface area contributed by atoms with E-state index in [-0.39, 0.29) is 0 Å². The molecule has 0 aromatic heterocycles. The highest BCUT2D eigenvalue weighted by molar-refractivity contribution is 4.91. The van der Waals surface area contributed by atoms with E-state index in [2.05, 4.69) is 33.0 Å². The maximum absolute atomic E-state index is 4.06. The Hall–Kier alpha value is -0.0400. The molecule has 0 aromatic rings. The van der Waals surface area contributed by atoms with E-state index < -0.39 is 0 Å². The van der Waals surface area contributed by atoms with E-state index in [0.29, 0.717) is 5.41 Å². The summed E-state index contributed by atoms with van der Waals surface area (Å²) in [4.78, 5) is 0. The standard InChI is InChI=1S/C18H35N/c1-5-14-10-12-15(13-11-14)19-17-9-7-6-8-16(17)18(2,3)4/h14-17,19H,5-13H2,1-4H3. The van der Waals surface area contributed by atoms with Crippen molar-refractivity contribution < 1.29 is 0 Å². The van der Waals surface area contributed by atoms with Crippen molar-refractivity contribution in [2.24, 2.45) is 17.3 Å². The minimum absolute atomic E-state index is 0.471. The summed E-state index contributed by atoms with van der Waals surface area (Å²) in [6.45, 7) is 9.66. The van der Waals surface area contributed by atoms with Gasteiger partial charge in [-0.2, -0.15) is 0 Å². The Labute approximate surface area is 120 Å². The zero-order chi connectivity index (χ0) is 13.9. The highest BCUT2D eigenvalue weighted by Gasteiger charge is 2.35. The Morgan fingerprint density at radius 3 is 2.11 bits per heavy atom. The Balaban J connectivity index is 1.86. The van der Waals surface area contributed by atoms with Gasteiger partial charge in [-0.25, -0.2) is 0 Å². The van der Waals surface area contributed by atoms with Gasteiger partial charge in [-0.1, -0.05) is 47.0 Å². The van der Waals surface area contributed by atoms with Crippen LogP contribution in [0, 0.1) is 17.3 Å². The van der Waals surface area contributed by atoms with Crippen LogP contribution in [0.3, 0.4) is 0 Å². The van der Waals surface area contributed by atoms with Crippen LogP contribution in [-0.2, 0) is 0 Å². The molecule has 2 saturated carbocycles. The van der Waals surface area contributed by atoms with Gasteiger partial charge in [0, 0.05) is 12.1 Å². The summed E-state index contributed by atoms with van der Waals surface area (Å²) in [5.74, 6) is 1.90. The number of nitrogens with one attached hydrogen (secondary N) is 1. The van der Waals surface area contributed by atoms with Gasteiger partial charge in [-0.15, -0.1) is 0 Å². The van der Waals surface area contributed by atoms with Crippen molar-refractivity contribution >= 4 is 0 Å². The largest absolute Gasteiger partial charge is 0.311 e. The van der Waals surface area contributed by atoms with Gasteiger partial charge in [-0.05, 0) is 55.8 Å². The Bertz CT molecular complexity index is 257. The van der Waals surface area contributed by atoms with Crippen molar-refractivity contribution in [2.45, 2.75) is 97.6 Å². The molecule has 0 bridgehead atoms. The fraction of sp³-hybridized carbons (Fsp3) is 1.00. The highest BCUT2D eigenvalue weighted by Crippen LogP contribution is 2.39. The molecule has 0 heterocycles. The van der Waals surface area contributed by atoms with Gasteiger partial charge in [0.25, 0.3) is 0 Å². The SMILES string of the molecule is CCC1CCC(NC2CCCCC2C(C)(C)C)CC1. The van der Waals surface area contributed by atoms with E-state index in [1.54, 1.807) is 0 Å². The molecule has 1 heteroatoms. The predicted octanol–water partition coefficient (Wildman–Crippen LogP) is 5.15. The molecule has 0 radical (unpaired) electrons. The van der Waals surface area contributed by atoms with Crippen LogP contribution in [-0.4, -0.2) is 12.1 Å². The minimum Gasteiger partial charge on any atom is -0.311 e. The van der Waals surface area contributed by atoms with Crippen molar-refractivity contribution in [3.8, 4) is 0 Å². The fourth-order valence-corrected chi connectivity index (χ4v) is 4.41. The first-order chi connectivity index (χ1) is 9.00. The summed E-state index contributed by atoms with van der Waals surface area (Å²) in [6.07, 6.45) is 12.9. The first-order valence-electron chi connectivity index (χ1n) is 8.76. The second-order valence-corrected chi connectivity index (χ2v) is 8.16.